The Bertz CT molecular complexity index is 1240. The number of carbonyl (C=O) groups is 2. The molecule has 144 valence electrons. The zero-order chi connectivity index (χ0) is 20.4. The molecule has 0 unspecified atom stereocenters. The van der Waals surface area contributed by atoms with Crippen molar-refractivity contribution < 1.29 is 9.59 Å². The zero-order valence-electron chi connectivity index (χ0n) is 16.3. The molecule has 0 bridgehead atoms. The van der Waals surface area contributed by atoms with Crippen LogP contribution in [0.25, 0.3) is 21.7 Å². The van der Waals surface area contributed by atoms with Gasteiger partial charge in [0.2, 0.25) is 5.91 Å². The highest BCUT2D eigenvalue weighted by atomic mass is 16.2. The Morgan fingerprint density at radius 3 is 2.52 bits per heavy atom. The highest BCUT2D eigenvalue weighted by molar-refractivity contribution is 6.06. The van der Waals surface area contributed by atoms with Crippen molar-refractivity contribution in [2.24, 2.45) is 0 Å². The van der Waals surface area contributed by atoms with Crippen molar-refractivity contribution in [3.05, 3.63) is 89.1 Å². The number of benzene rings is 3. The lowest BCUT2D eigenvalue weighted by atomic mass is 10.0. The first-order valence-corrected chi connectivity index (χ1v) is 9.45. The number of hydrazine groups is 1. The Morgan fingerprint density at radius 1 is 0.862 bits per heavy atom. The van der Waals surface area contributed by atoms with E-state index in [1.54, 1.807) is 6.07 Å². The van der Waals surface area contributed by atoms with E-state index in [1.165, 1.54) is 0 Å². The van der Waals surface area contributed by atoms with Gasteiger partial charge in [0, 0.05) is 11.1 Å². The standard InChI is InChI=1S/C24H21N3O2/c1-15-10-11-22-20(12-15)21(13-16(2)25-22)24(29)27-26-23(28)14-18-8-5-7-17-6-3-4-9-19(17)18/h3-13H,14H2,1-2H3,(H,26,28)(H,27,29). The van der Waals surface area contributed by atoms with Gasteiger partial charge in [0.25, 0.3) is 5.91 Å². The number of nitrogens with zero attached hydrogens (tertiary/aromatic N) is 1. The number of nitrogens with one attached hydrogen (secondary N) is 2. The third kappa shape index (κ3) is 3.94. The smallest absolute Gasteiger partial charge is 0.270 e. The molecule has 5 nitrogen and oxygen atoms in total. The van der Waals surface area contributed by atoms with Gasteiger partial charge in [-0.3, -0.25) is 25.4 Å². The summed E-state index contributed by atoms with van der Waals surface area (Å²) in [5.41, 5.74) is 9.01. The molecule has 3 aromatic carbocycles. The Hall–Kier alpha value is -3.73. The molecule has 0 aliphatic carbocycles. The molecule has 0 aliphatic heterocycles. The maximum Gasteiger partial charge on any atom is 0.270 e. The van der Waals surface area contributed by atoms with Crippen molar-refractivity contribution in [1.82, 2.24) is 15.8 Å². The fourth-order valence-electron chi connectivity index (χ4n) is 3.52. The highest BCUT2D eigenvalue weighted by Crippen LogP contribution is 2.20. The van der Waals surface area contributed by atoms with Gasteiger partial charge in [-0.05, 0) is 48.4 Å². The summed E-state index contributed by atoms with van der Waals surface area (Å²) < 4.78 is 0. The molecule has 2 N–H and O–H groups in total. The fraction of sp³-hybridized carbons (Fsp3) is 0.125. The molecule has 4 rings (SSSR count). The number of carbonyl (C=O) groups excluding carboxylic acids is 2. The first-order chi connectivity index (χ1) is 14.0. The normalized spacial score (nSPS) is 10.8. The third-order valence-electron chi connectivity index (χ3n) is 4.88. The molecule has 0 fully saturated rings. The topological polar surface area (TPSA) is 71.1 Å². The summed E-state index contributed by atoms with van der Waals surface area (Å²) in [6, 6.07) is 21.3. The van der Waals surface area contributed by atoms with Crippen molar-refractivity contribution in [3.63, 3.8) is 0 Å². The molecular formula is C24H21N3O2. The molecule has 0 radical (unpaired) electrons. The molecule has 0 atom stereocenters. The van der Waals surface area contributed by atoms with Gasteiger partial charge in [0.1, 0.15) is 0 Å². The number of fused-ring (bicyclic) bond motifs is 2. The predicted molar refractivity (Wildman–Crippen MR) is 114 cm³/mol. The summed E-state index contributed by atoms with van der Waals surface area (Å²) in [4.78, 5) is 29.6. The van der Waals surface area contributed by atoms with Gasteiger partial charge in [-0.1, -0.05) is 54.1 Å². The van der Waals surface area contributed by atoms with E-state index in [-0.39, 0.29) is 18.2 Å². The van der Waals surface area contributed by atoms with E-state index >= 15 is 0 Å². The number of rotatable bonds is 3. The van der Waals surface area contributed by atoms with Gasteiger partial charge in [-0.25, -0.2) is 0 Å². The summed E-state index contributed by atoms with van der Waals surface area (Å²) in [6.07, 6.45) is 0.177. The number of hydrogen-bond donors (Lipinski definition) is 2. The molecule has 29 heavy (non-hydrogen) atoms. The highest BCUT2D eigenvalue weighted by Gasteiger charge is 2.14. The number of pyridine rings is 1. The second-order valence-electron chi connectivity index (χ2n) is 7.15. The van der Waals surface area contributed by atoms with Crippen molar-refractivity contribution in [3.8, 4) is 0 Å². The maximum absolute atomic E-state index is 12.7. The van der Waals surface area contributed by atoms with E-state index in [0.29, 0.717) is 5.56 Å². The van der Waals surface area contributed by atoms with Crippen LogP contribution in [0.5, 0.6) is 0 Å². The first kappa shape index (κ1) is 18.6. The van der Waals surface area contributed by atoms with E-state index in [9.17, 15) is 9.59 Å². The van der Waals surface area contributed by atoms with Crippen LogP contribution in [0.3, 0.4) is 0 Å². The Labute approximate surface area is 168 Å². The summed E-state index contributed by atoms with van der Waals surface area (Å²) in [6.45, 7) is 3.81. The number of hydrogen-bond acceptors (Lipinski definition) is 3. The minimum Gasteiger partial charge on any atom is -0.273 e. The van der Waals surface area contributed by atoms with Crippen LogP contribution in [0.15, 0.2) is 66.7 Å². The molecule has 1 aromatic heterocycles. The summed E-state index contributed by atoms with van der Waals surface area (Å²) in [5, 5.41) is 2.87. The molecular weight excluding hydrogens is 362 g/mol. The lowest BCUT2D eigenvalue weighted by Gasteiger charge is -2.11. The van der Waals surface area contributed by atoms with Crippen molar-refractivity contribution in [2.75, 3.05) is 0 Å². The molecule has 0 saturated carbocycles. The Kier molecular flexibility index (Phi) is 4.96. The van der Waals surface area contributed by atoms with Gasteiger partial charge in [-0.15, -0.1) is 0 Å². The molecule has 0 aliphatic rings. The average molecular weight is 383 g/mol. The lowest BCUT2D eigenvalue weighted by molar-refractivity contribution is -0.121. The second kappa shape index (κ2) is 7.72. The largest absolute Gasteiger partial charge is 0.273 e. The zero-order valence-corrected chi connectivity index (χ0v) is 16.3. The SMILES string of the molecule is Cc1ccc2nc(C)cc(C(=O)NNC(=O)Cc3cccc4ccccc34)c2c1. The first-order valence-electron chi connectivity index (χ1n) is 9.45. The van der Waals surface area contributed by atoms with Gasteiger partial charge in [-0.2, -0.15) is 0 Å². The monoisotopic (exact) mass is 383 g/mol. The van der Waals surface area contributed by atoms with Crippen LogP contribution in [-0.2, 0) is 11.2 Å². The van der Waals surface area contributed by atoms with Crippen LogP contribution in [0, 0.1) is 13.8 Å². The molecule has 2 amide bonds. The summed E-state index contributed by atoms with van der Waals surface area (Å²) >= 11 is 0. The third-order valence-corrected chi connectivity index (χ3v) is 4.88. The van der Waals surface area contributed by atoms with Crippen molar-refractivity contribution in [1.29, 1.82) is 0 Å². The van der Waals surface area contributed by atoms with Gasteiger partial charge in [0.05, 0.1) is 17.5 Å². The van der Waals surface area contributed by atoms with Crippen LogP contribution in [0.2, 0.25) is 0 Å². The van der Waals surface area contributed by atoms with E-state index < -0.39 is 0 Å². The lowest BCUT2D eigenvalue weighted by Crippen LogP contribution is -2.42. The van der Waals surface area contributed by atoms with Crippen LogP contribution in [0.1, 0.15) is 27.2 Å². The minimum absolute atomic E-state index is 0.177. The van der Waals surface area contributed by atoms with E-state index in [1.807, 2.05) is 74.5 Å². The summed E-state index contributed by atoms with van der Waals surface area (Å²) in [5.74, 6) is -0.640. The fourth-order valence-corrected chi connectivity index (χ4v) is 3.52. The quantitative estimate of drug-likeness (QED) is 0.525. The average Bonchev–Trinajstić information content (AvgIpc) is 2.72. The summed E-state index contributed by atoms with van der Waals surface area (Å²) in [7, 11) is 0. The van der Waals surface area contributed by atoms with Crippen LogP contribution in [-0.4, -0.2) is 16.8 Å². The van der Waals surface area contributed by atoms with Crippen LogP contribution < -0.4 is 10.9 Å². The van der Waals surface area contributed by atoms with Crippen LogP contribution in [0.4, 0.5) is 0 Å². The molecule has 0 spiro atoms. The van der Waals surface area contributed by atoms with Gasteiger partial charge in [0.15, 0.2) is 0 Å². The number of amides is 2. The Balaban J connectivity index is 1.50. The molecule has 1 heterocycles. The predicted octanol–water partition coefficient (Wildman–Crippen LogP) is 4.01. The number of aromatic nitrogens is 1. The van der Waals surface area contributed by atoms with Crippen molar-refractivity contribution in [2.45, 2.75) is 20.3 Å². The van der Waals surface area contributed by atoms with E-state index in [4.69, 9.17) is 0 Å². The van der Waals surface area contributed by atoms with Crippen LogP contribution >= 0.6 is 0 Å². The van der Waals surface area contributed by atoms with Crippen molar-refractivity contribution >= 4 is 33.5 Å². The minimum atomic E-state index is -0.364. The second-order valence-corrected chi connectivity index (χ2v) is 7.15. The molecule has 5 heteroatoms. The Morgan fingerprint density at radius 2 is 1.66 bits per heavy atom. The molecule has 0 saturated heterocycles. The molecule has 4 aromatic rings. The maximum atomic E-state index is 12.7. The van der Waals surface area contributed by atoms with E-state index in [0.717, 1.165) is 38.5 Å². The van der Waals surface area contributed by atoms with Gasteiger partial charge < -0.3 is 0 Å². The number of aryl methyl sites for hydroxylation is 2. The van der Waals surface area contributed by atoms with E-state index in [2.05, 4.69) is 15.8 Å². The van der Waals surface area contributed by atoms with Gasteiger partial charge >= 0.3 is 0 Å².